The highest BCUT2D eigenvalue weighted by atomic mass is 16.3. The van der Waals surface area contributed by atoms with Gasteiger partial charge in [0.2, 0.25) is 0 Å². The molecule has 0 aromatic carbocycles. The number of carbonyl (C=O) groups is 3. The molecule has 1 saturated carbocycles. The zero-order chi connectivity index (χ0) is 20.6. The smallest absolute Gasteiger partial charge is 0.179 e. The Labute approximate surface area is 171 Å². The summed E-state index contributed by atoms with van der Waals surface area (Å²) in [5, 5.41) is 9.56. The van der Waals surface area contributed by atoms with E-state index in [2.05, 4.69) is 19.1 Å². The number of rotatable bonds is 16. The summed E-state index contributed by atoms with van der Waals surface area (Å²) in [6, 6.07) is 0. The summed E-state index contributed by atoms with van der Waals surface area (Å²) in [7, 11) is 0. The van der Waals surface area contributed by atoms with Gasteiger partial charge in [-0.1, -0.05) is 70.4 Å². The van der Waals surface area contributed by atoms with E-state index in [1.807, 2.05) is 0 Å². The molecule has 0 bridgehead atoms. The second kappa shape index (κ2) is 15.6. The molecule has 1 N–H and O–H groups in total. The predicted molar refractivity (Wildman–Crippen MR) is 113 cm³/mol. The lowest BCUT2D eigenvalue weighted by molar-refractivity contribution is -0.147. The number of allylic oxidation sites excluding steroid dienone is 2. The second-order valence-electron chi connectivity index (χ2n) is 8.16. The molecule has 0 saturated heterocycles. The van der Waals surface area contributed by atoms with Crippen LogP contribution < -0.4 is 0 Å². The number of Topliss-reactive ketones (excluding diaryl/α,β-unsaturated/α-hetero) is 3. The van der Waals surface area contributed by atoms with Gasteiger partial charge in [0.15, 0.2) is 17.3 Å². The highest BCUT2D eigenvalue weighted by molar-refractivity contribution is 6.21. The first-order valence-corrected chi connectivity index (χ1v) is 11.5. The predicted octanol–water partition coefficient (Wildman–Crippen LogP) is 5.50. The second-order valence-corrected chi connectivity index (χ2v) is 8.16. The van der Waals surface area contributed by atoms with E-state index in [0.717, 1.165) is 32.1 Å². The standard InChI is InChI=1S/C24H40O4/c1-2-3-4-5-6-7-8-9-10-11-12-13-14-15-16-17-20(25)23-21(26)18-19-22(27)24(23)28/h9-10,22-23,27H,2-8,11-19H2,1H3/b10-9-. The number of hydrogen-bond acceptors (Lipinski definition) is 4. The molecule has 2 unspecified atom stereocenters. The van der Waals surface area contributed by atoms with Crippen LogP contribution in [0.4, 0.5) is 0 Å². The fourth-order valence-corrected chi connectivity index (χ4v) is 3.77. The maximum absolute atomic E-state index is 12.1. The van der Waals surface area contributed by atoms with E-state index in [0.29, 0.717) is 0 Å². The number of hydrogen-bond donors (Lipinski definition) is 1. The molecule has 2 atom stereocenters. The Kier molecular flexibility index (Phi) is 13.8. The molecule has 0 spiro atoms. The van der Waals surface area contributed by atoms with Crippen molar-refractivity contribution in [2.45, 2.75) is 116 Å². The molecule has 1 rings (SSSR count). The number of aliphatic hydroxyl groups is 1. The number of unbranched alkanes of at least 4 members (excludes halogenated alkanes) is 11. The van der Waals surface area contributed by atoms with E-state index in [9.17, 15) is 19.5 Å². The largest absolute Gasteiger partial charge is 0.385 e. The molecular formula is C24H40O4. The minimum absolute atomic E-state index is 0.135. The fraction of sp³-hybridized carbons (Fsp3) is 0.792. The van der Waals surface area contributed by atoms with Crippen molar-refractivity contribution in [3.8, 4) is 0 Å². The Morgan fingerprint density at radius 2 is 1.43 bits per heavy atom. The SMILES string of the molecule is CCCCCCCC/C=C\CCCCCCCC(=O)C1C(=O)CCC(O)C1=O. The topological polar surface area (TPSA) is 71.4 Å². The van der Waals surface area contributed by atoms with Crippen LogP contribution in [-0.2, 0) is 14.4 Å². The number of carbonyl (C=O) groups excluding carboxylic acids is 3. The molecule has 4 nitrogen and oxygen atoms in total. The van der Waals surface area contributed by atoms with E-state index in [1.54, 1.807) is 0 Å². The van der Waals surface area contributed by atoms with Gasteiger partial charge in [-0.05, 0) is 38.5 Å². The van der Waals surface area contributed by atoms with Crippen LogP contribution in [-0.4, -0.2) is 28.6 Å². The first-order chi connectivity index (χ1) is 13.6. The number of aliphatic hydroxyl groups excluding tert-OH is 1. The molecule has 28 heavy (non-hydrogen) atoms. The Hall–Kier alpha value is -1.29. The van der Waals surface area contributed by atoms with E-state index in [1.165, 1.54) is 51.4 Å². The van der Waals surface area contributed by atoms with Crippen LogP contribution in [0.15, 0.2) is 12.2 Å². The van der Waals surface area contributed by atoms with Crippen LogP contribution in [0.2, 0.25) is 0 Å². The molecule has 0 radical (unpaired) electrons. The van der Waals surface area contributed by atoms with Gasteiger partial charge in [0.25, 0.3) is 0 Å². The van der Waals surface area contributed by atoms with Crippen LogP contribution >= 0.6 is 0 Å². The fourth-order valence-electron chi connectivity index (χ4n) is 3.77. The Morgan fingerprint density at radius 1 is 0.893 bits per heavy atom. The van der Waals surface area contributed by atoms with Crippen LogP contribution in [0.25, 0.3) is 0 Å². The van der Waals surface area contributed by atoms with E-state index in [4.69, 9.17) is 0 Å². The summed E-state index contributed by atoms with van der Waals surface area (Å²) in [6.07, 6.45) is 19.5. The van der Waals surface area contributed by atoms with Crippen LogP contribution in [0, 0.1) is 5.92 Å². The Morgan fingerprint density at radius 3 is 2.04 bits per heavy atom. The summed E-state index contributed by atoms with van der Waals surface area (Å²) in [5.74, 6) is -2.39. The highest BCUT2D eigenvalue weighted by Gasteiger charge is 2.40. The molecule has 0 aromatic heterocycles. The normalized spacial score (nSPS) is 20.2. The first kappa shape index (κ1) is 24.7. The Balaban J connectivity index is 1.96. The van der Waals surface area contributed by atoms with Gasteiger partial charge in [-0.3, -0.25) is 14.4 Å². The van der Waals surface area contributed by atoms with E-state index in [-0.39, 0.29) is 30.8 Å². The van der Waals surface area contributed by atoms with Crippen LogP contribution in [0.5, 0.6) is 0 Å². The van der Waals surface area contributed by atoms with E-state index < -0.39 is 17.8 Å². The van der Waals surface area contributed by atoms with Crippen LogP contribution in [0.3, 0.4) is 0 Å². The van der Waals surface area contributed by atoms with Gasteiger partial charge >= 0.3 is 0 Å². The van der Waals surface area contributed by atoms with Gasteiger partial charge in [-0.2, -0.15) is 0 Å². The highest BCUT2D eigenvalue weighted by Crippen LogP contribution is 2.21. The quantitative estimate of drug-likeness (QED) is 0.214. The van der Waals surface area contributed by atoms with Crippen molar-refractivity contribution >= 4 is 17.3 Å². The summed E-state index contributed by atoms with van der Waals surface area (Å²) < 4.78 is 0. The van der Waals surface area contributed by atoms with Crippen molar-refractivity contribution in [3.63, 3.8) is 0 Å². The number of ketones is 3. The van der Waals surface area contributed by atoms with Gasteiger partial charge in [0.1, 0.15) is 12.0 Å². The molecule has 1 aliphatic carbocycles. The molecule has 0 amide bonds. The van der Waals surface area contributed by atoms with Crippen molar-refractivity contribution in [2.75, 3.05) is 0 Å². The van der Waals surface area contributed by atoms with Crippen molar-refractivity contribution in [2.24, 2.45) is 5.92 Å². The van der Waals surface area contributed by atoms with Gasteiger partial charge in [-0.15, -0.1) is 0 Å². The van der Waals surface area contributed by atoms with Gasteiger partial charge < -0.3 is 5.11 Å². The molecule has 0 aromatic rings. The van der Waals surface area contributed by atoms with Crippen molar-refractivity contribution in [3.05, 3.63) is 12.2 Å². The molecular weight excluding hydrogens is 352 g/mol. The lowest BCUT2D eigenvalue weighted by atomic mass is 9.81. The van der Waals surface area contributed by atoms with Crippen molar-refractivity contribution in [1.29, 1.82) is 0 Å². The third kappa shape index (κ3) is 10.3. The average Bonchev–Trinajstić information content (AvgIpc) is 2.68. The molecule has 0 aliphatic heterocycles. The molecule has 0 heterocycles. The summed E-state index contributed by atoms with van der Waals surface area (Å²) in [5.41, 5.74) is 0. The summed E-state index contributed by atoms with van der Waals surface area (Å²) in [4.78, 5) is 35.8. The third-order valence-corrected chi connectivity index (χ3v) is 5.61. The third-order valence-electron chi connectivity index (χ3n) is 5.61. The zero-order valence-corrected chi connectivity index (χ0v) is 17.8. The summed E-state index contributed by atoms with van der Waals surface area (Å²) in [6.45, 7) is 2.25. The maximum atomic E-state index is 12.1. The average molecular weight is 393 g/mol. The minimum atomic E-state index is -1.19. The van der Waals surface area contributed by atoms with Crippen molar-refractivity contribution < 1.29 is 19.5 Å². The van der Waals surface area contributed by atoms with Gasteiger partial charge in [0, 0.05) is 12.8 Å². The van der Waals surface area contributed by atoms with E-state index >= 15 is 0 Å². The van der Waals surface area contributed by atoms with Gasteiger partial charge in [0.05, 0.1) is 0 Å². The molecule has 1 fully saturated rings. The van der Waals surface area contributed by atoms with Crippen molar-refractivity contribution in [1.82, 2.24) is 0 Å². The zero-order valence-electron chi connectivity index (χ0n) is 17.8. The van der Waals surface area contributed by atoms with Crippen LogP contribution in [0.1, 0.15) is 110 Å². The first-order valence-electron chi connectivity index (χ1n) is 11.5. The minimum Gasteiger partial charge on any atom is -0.385 e. The Bertz CT molecular complexity index is 495. The monoisotopic (exact) mass is 392 g/mol. The lowest BCUT2D eigenvalue weighted by Crippen LogP contribution is -2.43. The lowest BCUT2D eigenvalue weighted by Gasteiger charge is -2.22. The summed E-state index contributed by atoms with van der Waals surface area (Å²) >= 11 is 0. The van der Waals surface area contributed by atoms with Gasteiger partial charge in [-0.25, -0.2) is 0 Å². The molecule has 1 aliphatic rings. The molecule has 160 valence electrons. The maximum Gasteiger partial charge on any atom is 0.179 e. The molecule has 4 heteroatoms.